The van der Waals surface area contributed by atoms with E-state index in [2.05, 4.69) is 15.9 Å². The molecule has 1 aromatic rings. The van der Waals surface area contributed by atoms with Crippen molar-refractivity contribution in [2.24, 2.45) is 0 Å². The second-order valence-electron chi connectivity index (χ2n) is 3.06. The standard InChI is InChI=1S/C11H13BrO3/c12-10-5-3-4-9(8-14)11(10)15-7-2-1-6-13/h3-5,8,13H,1-2,6-7H2. The number of ether oxygens (including phenoxy) is 1. The Hall–Kier alpha value is -0.870. The number of carbonyl (C=O) groups is 1. The number of hydrogen-bond donors (Lipinski definition) is 1. The molecule has 15 heavy (non-hydrogen) atoms. The van der Waals surface area contributed by atoms with Crippen molar-refractivity contribution in [3.8, 4) is 5.75 Å². The minimum Gasteiger partial charge on any atom is -0.492 e. The molecule has 0 aliphatic heterocycles. The summed E-state index contributed by atoms with van der Waals surface area (Å²) in [7, 11) is 0. The third-order valence-electron chi connectivity index (χ3n) is 1.92. The molecule has 0 aromatic heterocycles. The maximum Gasteiger partial charge on any atom is 0.153 e. The van der Waals surface area contributed by atoms with Gasteiger partial charge in [-0.2, -0.15) is 0 Å². The number of benzene rings is 1. The largest absolute Gasteiger partial charge is 0.492 e. The number of halogens is 1. The molecule has 1 rings (SSSR count). The first-order valence-electron chi connectivity index (χ1n) is 4.77. The Kier molecular flexibility index (Phi) is 5.36. The molecule has 1 N–H and O–H groups in total. The maximum absolute atomic E-state index is 10.7. The lowest BCUT2D eigenvalue weighted by Gasteiger charge is -2.09. The molecule has 0 heterocycles. The SMILES string of the molecule is O=Cc1cccc(Br)c1OCCCCO. The predicted octanol–water partition coefficient (Wildman–Crippen LogP) is 2.41. The van der Waals surface area contributed by atoms with Crippen molar-refractivity contribution in [1.82, 2.24) is 0 Å². The van der Waals surface area contributed by atoms with Crippen LogP contribution in [0, 0.1) is 0 Å². The Balaban J connectivity index is 2.62. The highest BCUT2D eigenvalue weighted by molar-refractivity contribution is 9.10. The average Bonchev–Trinajstić information content (AvgIpc) is 2.26. The summed E-state index contributed by atoms with van der Waals surface area (Å²) in [6.45, 7) is 0.671. The molecule has 0 aliphatic rings. The van der Waals surface area contributed by atoms with E-state index in [1.54, 1.807) is 12.1 Å². The monoisotopic (exact) mass is 272 g/mol. The van der Waals surface area contributed by atoms with Gasteiger partial charge in [-0.05, 0) is 40.9 Å². The van der Waals surface area contributed by atoms with E-state index in [9.17, 15) is 4.79 Å². The van der Waals surface area contributed by atoms with Crippen LogP contribution in [0.25, 0.3) is 0 Å². The highest BCUT2D eigenvalue weighted by atomic mass is 79.9. The van der Waals surface area contributed by atoms with Crippen molar-refractivity contribution in [3.05, 3.63) is 28.2 Å². The zero-order valence-corrected chi connectivity index (χ0v) is 9.87. The van der Waals surface area contributed by atoms with E-state index in [0.29, 0.717) is 24.3 Å². The summed E-state index contributed by atoms with van der Waals surface area (Å²) >= 11 is 3.32. The number of rotatable bonds is 6. The van der Waals surface area contributed by atoms with E-state index in [1.165, 1.54) is 0 Å². The molecule has 0 saturated carbocycles. The molecule has 0 atom stereocenters. The molecule has 0 saturated heterocycles. The van der Waals surface area contributed by atoms with Gasteiger partial charge in [-0.1, -0.05) is 6.07 Å². The van der Waals surface area contributed by atoms with Crippen LogP contribution in [0.5, 0.6) is 5.75 Å². The molecule has 0 bridgehead atoms. The summed E-state index contributed by atoms with van der Waals surface area (Å²) < 4.78 is 6.25. The number of carbonyl (C=O) groups excluding carboxylic acids is 1. The highest BCUT2D eigenvalue weighted by Gasteiger charge is 2.06. The van der Waals surface area contributed by atoms with E-state index in [0.717, 1.165) is 17.2 Å². The van der Waals surface area contributed by atoms with E-state index >= 15 is 0 Å². The summed E-state index contributed by atoms with van der Waals surface area (Å²) in [5.41, 5.74) is 0.536. The fourth-order valence-electron chi connectivity index (χ4n) is 1.16. The quantitative estimate of drug-likeness (QED) is 0.639. The van der Waals surface area contributed by atoms with Gasteiger partial charge in [0.25, 0.3) is 0 Å². The zero-order chi connectivity index (χ0) is 11.1. The molecular formula is C11H13BrO3. The number of hydrogen-bond acceptors (Lipinski definition) is 3. The van der Waals surface area contributed by atoms with E-state index in [4.69, 9.17) is 9.84 Å². The van der Waals surface area contributed by atoms with Crippen LogP contribution in [-0.2, 0) is 0 Å². The number of para-hydroxylation sites is 1. The van der Waals surface area contributed by atoms with Gasteiger partial charge in [0.2, 0.25) is 0 Å². The van der Waals surface area contributed by atoms with Crippen LogP contribution in [0.4, 0.5) is 0 Å². The minimum absolute atomic E-state index is 0.167. The number of aliphatic hydroxyl groups excluding tert-OH is 1. The van der Waals surface area contributed by atoms with Crippen LogP contribution in [0.1, 0.15) is 23.2 Å². The fourth-order valence-corrected chi connectivity index (χ4v) is 1.65. The molecule has 82 valence electrons. The van der Waals surface area contributed by atoms with E-state index in [1.807, 2.05) is 6.07 Å². The van der Waals surface area contributed by atoms with Crippen LogP contribution in [0.3, 0.4) is 0 Å². The molecule has 3 nitrogen and oxygen atoms in total. The van der Waals surface area contributed by atoms with Gasteiger partial charge >= 0.3 is 0 Å². The van der Waals surface area contributed by atoms with Gasteiger partial charge in [0.05, 0.1) is 16.6 Å². The Morgan fingerprint density at radius 1 is 1.40 bits per heavy atom. The lowest BCUT2D eigenvalue weighted by Crippen LogP contribution is -2.01. The van der Waals surface area contributed by atoms with Crippen LogP contribution < -0.4 is 4.74 Å². The van der Waals surface area contributed by atoms with E-state index < -0.39 is 0 Å². The van der Waals surface area contributed by atoms with Gasteiger partial charge in [-0.3, -0.25) is 4.79 Å². The Bertz CT molecular complexity index is 326. The summed E-state index contributed by atoms with van der Waals surface area (Å²) in [5, 5.41) is 8.60. The predicted molar refractivity (Wildman–Crippen MR) is 61.3 cm³/mol. The van der Waals surface area contributed by atoms with Crippen LogP contribution in [0.15, 0.2) is 22.7 Å². The molecule has 4 heteroatoms. The summed E-state index contributed by atoms with van der Waals surface area (Å²) in [6.07, 6.45) is 2.25. The summed E-state index contributed by atoms with van der Waals surface area (Å²) in [4.78, 5) is 10.7. The molecule has 0 fully saturated rings. The molecule has 1 aromatic carbocycles. The van der Waals surface area contributed by atoms with E-state index in [-0.39, 0.29) is 6.61 Å². The molecule has 0 radical (unpaired) electrons. The first kappa shape index (κ1) is 12.2. The molecular weight excluding hydrogens is 260 g/mol. The first-order chi connectivity index (χ1) is 7.29. The smallest absolute Gasteiger partial charge is 0.153 e. The molecule has 0 amide bonds. The molecule has 0 spiro atoms. The van der Waals surface area contributed by atoms with Crippen molar-refractivity contribution < 1.29 is 14.6 Å². The zero-order valence-electron chi connectivity index (χ0n) is 8.28. The lowest BCUT2D eigenvalue weighted by atomic mass is 10.2. The van der Waals surface area contributed by atoms with Gasteiger partial charge in [0.15, 0.2) is 6.29 Å². The third-order valence-corrected chi connectivity index (χ3v) is 2.55. The maximum atomic E-state index is 10.7. The van der Waals surface area contributed by atoms with Gasteiger partial charge in [0, 0.05) is 6.61 Å². The van der Waals surface area contributed by atoms with Crippen molar-refractivity contribution >= 4 is 22.2 Å². The van der Waals surface area contributed by atoms with Crippen molar-refractivity contribution in [2.75, 3.05) is 13.2 Å². The van der Waals surface area contributed by atoms with Crippen LogP contribution in [-0.4, -0.2) is 24.6 Å². The van der Waals surface area contributed by atoms with Gasteiger partial charge in [0.1, 0.15) is 5.75 Å². The van der Waals surface area contributed by atoms with Crippen LogP contribution >= 0.6 is 15.9 Å². The third kappa shape index (κ3) is 3.64. The van der Waals surface area contributed by atoms with Gasteiger partial charge in [-0.25, -0.2) is 0 Å². The Morgan fingerprint density at radius 2 is 2.20 bits per heavy atom. The molecule has 0 unspecified atom stereocenters. The Labute approximate surface area is 97.2 Å². The topological polar surface area (TPSA) is 46.5 Å². The molecule has 0 aliphatic carbocycles. The van der Waals surface area contributed by atoms with Crippen molar-refractivity contribution in [3.63, 3.8) is 0 Å². The number of unbranched alkanes of at least 4 members (excludes halogenated alkanes) is 1. The van der Waals surface area contributed by atoms with Crippen LogP contribution in [0.2, 0.25) is 0 Å². The van der Waals surface area contributed by atoms with Gasteiger partial charge in [-0.15, -0.1) is 0 Å². The first-order valence-corrected chi connectivity index (χ1v) is 5.56. The second-order valence-corrected chi connectivity index (χ2v) is 3.91. The average molecular weight is 273 g/mol. The number of aliphatic hydroxyl groups is 1. The lowest BCUT2D eigenvalue weighted by molar-refractivity contribution is 0.111. The fraction of sp³-hybridized carbons (Fsp3) is 0.364. The number of aldehydes is 1. The summed E-state index contributed by atoms with van der Waals surface area (Å²) in [5.74, 6) is 0.574. The minimum atomic E-state index is 0.167. The Morgan fingerprint density at radius 3 is 2.87 bits per heavy atom. The van der Waals surface area contributed by atoms with Gasteiger partial charge < -0.3 is 9.84 Å². The second kappa shape index (κ2) is 6.58. The summed E-state index contributed by atoms with van der Waals surface area (Å²) in [6, 6.07) is 5.32. The highest BCUT2D eigenvalue weighted by Crippen LogP contribution is 2.28. The normalized spacial score (nSPS) is 10.0. The van der Waals surface area contributed by atoms with Crippen molar-refractivity contribution in [2.45, 2.75) is 12.8 Å². The van der Waals surface area contributed by atoms with Crippen molar-refractivity contribution in [1.29, 1.82) is 0 Å².